The van der Waals surface area contributed by atoms with Crippen molar-refractivity contribution >= 4 is 17.7 Å². The number of rotatable bonds is 6. The molecule has 0 spiro atoms. The number of nitrogens with zero attached hydrogens (tertiary/aromatic N) is 1. The molecule has 0 saturated heterocycles. The summed E-state index contributed by atoms with van der Waals surface area (Å²) in [7, 11) is 1.76. The molecule has 20 heavy (non-hydrogen) atoms. The maximum atomic E-state index is 13.9. The van der Waals surface area contributed by atoms with Crippen LogP contribution in [-0.2, 0) is 5.41 Å². The number of halogens is 1. The lowest BCUT2D eigenvalue weighted by Gasteiger charge is -2.19. The van der Waals surface area contributed by atoms with E-state index in [0.717, 1.165) is 43.2 Å². The number of aliphatic imine (C=N–C) groups is 1. The second-order valence-corrected chi connectivity index (χ2v) is 6.09. The zero-order valence-electron chi connectivity index (χ0n) is 12.1. The largest absolute Gasteiger partial charge is 0.356 e. The Morgan fingerprint density at radius 3 is 2.70 bits per heavy atom. The molecule has 1 aliphatic carbocycles. The average Bonchev–Trinajstić information content (AvgIpc) is 3.24. The molecule has 3 nitrogen and oxygen atoms in total. The van der Waals surface area contributed by atoms with E-state index >= 15 is 0 Å². The molecule has 0 heterocycles. The molecule has 2 N–H and O–H groups in total. The Kier molecular flexibility index (Phi) is 5.29. The molecular formula is C15H22FN3S. The molecule has 0 aliphatic heterocycles. The van der Waals surface area contributed by atoms with Gasteiger partial charge in [-0.1, -0.05) is 18.2 Å². The summed E-state index contributed by atoms with van der Waals surface area (Å²) < 4.78 is 13.9. The third kappa shape index (κ3) is 3.66. The third-order valence-corrected chi connectivity index (χ3v) is 4.33. The van der Waals surface area contributed by atoms with Crippen molar-refractivity contribution in [1.29, 1.82) is 0 Å². The highest BCUT2D eigenvalue weighted by Crippen LogP contribution is 2.48. The minimum Gasteiger partial charge on any atom is -0.356 e. The molecule has 0 bridgehead atoms. The highest BCUT2D eigenvalue weighted by atomic mass is 32.2. The number of benzene rings is 1. The van der Waals surface area contributed by atoms with Crippen LogP contribution in [-0.4, -0.2) is 38.1 Å². The number of hydrogen-bond donors (Lipinski definition) is 2. The van der Waals surface area contributed by atoms with Crippen molar-refractivity contribution in [2.24, 2.45) is 4.99 Å². The van der Waals surface area contributed by atoms with Crippen LogP contribution >= 0.6 is 11.8 Å². The first-order valence-corrected chi connectivity index (χ1v) is 8.30. The summed E-state index contributed by atoms with van der Waals surface area (Å²) in [4.78, 5) is 4.20. The number of hydrogen-bond acceptors (Lipinski definition) is 2. The van der Waals surface area contributed by atoms with E-state index in [0.29, 0.717) is 0 Å². The van der Waals surface area contributed by atoms with Crippen LogP contribution in [0.5, 0.6) is 0 Å². The van der Waals surface area contributed by atoms with Crippen molar-refractivity contribution in [3.05, 3.63) is 35.6 Å². The molecular weight excluding hydrogens is 273 g/mol. The summed E-state index contributed by atoms with van der Waals surface area (Å²) >= 11 is 1.79. The van der Waals surface area contributed by atoms with Crippen LogP contribution in [0.2, 0.25) is 0 Å². The van der Waals surface area contributed by atoms with Crippen molar-refractivity contribution in [1.82, 2.24) is 10.6 Å². The highest BCUT2D eigenvalue weighted by Gasteiger charge is 2.45. The minimum absolute atomic E-state index is 0.0531. The molecule has 1 aliphatic rings. The van der Waals surface area contributed by atoms with Crippen LogP contribution < -0.4 is 10.6 Å². The monoisotopic (exact) mass is 295 g/mol. The smallest absolute Gasteiger partial charge is 0.191 e. The van der Waals surface area contributed by atoms with E-state index < -0.39 is 0 Å². The molecule has 0 aromatic heterocycles. The van der Waals surface area contributed by atoms with E-state index in [4.69, 9.17) is 0 Å². The lowest BCUT2D eigenvalue weighted by atomic mass is 9.95. The zero-order chi connectivity index (χ0) is 14.4. The van der Waals surface area contributed by atoms with Gasteiger partial charge in [-0.05, 0) is 30.7 Å². The van der Waals surface area contributed by atoms with Crippen LogP contribution in [0.15, 0.2) is 29.3 Å². The van der Waals surface area contributed by atoms with Gasteiger partial charge in [0.25, 0.3) is 0 Å². The molecule has 2 rings (SSSR count). The van der Waals surface area contributed by atoms with Gasteiger partial charge in [-0.3, -0.25) is 4.99 Å². The summed E-state index contributed by atoms with van der Waals surface area (Å²) in [5.74, 6) is 1.73. The first-order valence-electron chi connectivity index (χ1n) is 6.90. The number of guanidine groups is 1. The Hall–Kier alpha value is -1.23. The topological polar surface area (TPSA) is 36.4 Å². The normalized spacial score (nSPS) is 16.9. The van der Waals surface area contributed by atoms with Crippen LogP contribution in [0.3, 0.4) is 0 Å². The van der Waals surface area contributed by atoms with Gasteiger partial charge >= 0.3 is 0 Å². The first kappa shape index (κ1) is 15.2. The zero-order valence-corrected chi connectivity index (χ0v) is 12.9. The van der Waals surface area contributed by atoms with E-state index in [1.54, 1.807) is 30.9 Å². The Labute approximate surface area is 124 Å². The fourth-order valence-corrected chi connectivity index (χ4v) is 2.63. The van der Waals surface area contributed by atoms with Crippen LogP contribution in [0, 0.1) is 5.82 Å². The molecule has 0 atom stereocenters. The van der Waals surface area contributed by atoms with Gasteiger partial charge in [0.2, 0.25) is 0 Å². The fraction of sp³-hybridized carbons (Fsp3) is 0.533. The van der Waals surface area contributed by atoms with Crippen LogP contribution in [0.1, 0.15) is 18.4 Å². The fourth-order valence-electron chi connectivity index (χ4n) is 2.33. The molecule has 0 radical (unpaired) electrons. The second kappa shape index (κ2) is 6.97. The van der Waals surface area contributed by atoms with Gasteiger partial charge < -0.3 is 10.6 Å². The summed E-state index contributed by atoms with van der Waals surface area (Å²) in [5, 5.41) is 6.58. The van der Waals surface area contributed by atoms with Gasteiger partial charge in [0.15, 0.2) is 5.96 Å². The predicted molar refractivity (Wildman–Crippen MR) is 85.1 cm³/mol. The molecule has 0 amide bonds. The molecule has 1 saturated carbocycles. The molecule has 0 unspecified atom stereocenters. The van der Waals surface area contributed by atoms with Crippen molar-refractivity contribution in [2.75, 3.05) is 32.1 Å². The highest BCUT2D eigenvalue weighted by molar-refractivity contribution is 7.98. The summed E-state index contributed by atoms with van der Waals surface area (Å²) in [5.41, 5.74) is 0.773. The van der Waals surface area contributed by atoms with Crippen LogP contribution in [0.25, 0.3) is 0 Å². The van der Waals surface area contributed by atoms with Gasteiger partial charge in [-0.25, -0.2) is 4.39 Å². The van der Waals surface area contributed by atoms with Gasteiger partial charge in [0.05, 0.1) is 0 Å². The van der Waals surface area contributed by atoms with E-state index in [1.807, 2.05) is 12.1 Å². The van der Waals surface area contributed by atoms with Crippen molar-refractivity contribution < 1.29 is 4.39 Å². The quantitative estimate of drug-likeness (QED) is 0.481. The Bertz CT molecular complexity index is 472. The number of thioether (sulfide) groups is 1. The van der Waals surface area contributed by atoms with E-state index in [1.165, 1.54) is 0 Å². The van der Waals surface area contributed by atoms with Gasteiger partial charge in [0.1, 0.15) is 5.82 Å². The second-order valence-electron chi connectivity index (χ2n) is 5.11. The first-order chi connectivity index (χ1) is 9.72. The average molecular weight is 295 g/mol. The lowest BCUT2D eigenvalue weighted by molar-refractivity contribution is 0.560. The van der Waals surface area contributed by atoms with Gasteiger partial charge in [-0.15, -0.1) is 0 Å². The van der Waals surface area contributed by atoms with Crippen molar-refractivity contribution in [3.8, 4) is 0 Å². The molecule has 1 aromatic carbocycles. The maximum Gasteiger partial charge on any atom is 0.191 e. The molecule has 1 fully saturated rings. The predicted octanol–water partition coefficient (Wildman–Crippen LogP) is 2.39. The maximum absolute atomic E-state index is 13.9. The van der Waals surface area contributed by atoms with Crippen LogP contribution in [0.4, 0.5) is 4.39 Å². The van der Waals surface area contributed by atoms with Crippen molar-refractivity contribution in [2.45, 2.75) is 18.3 Å². The Morgan fingerprint density at radius 1 is 1.35 bits per heavy atom. The Balaban J connectivity index is 1.91. The minimum atomic E-state index is -0.0999. The summed E-state index contributed by atoms with van der Waals surface area (Å²) in [6.07, 6.45) is 4.14. The molecule has 1 aromatic rings. The van der Waals surface area contributed by atoms with Gasteiger partial charge in [0, 0.05) is 31.3 Å². The lowest BCUT2D eigenvalue weighted by Crippen LogP contribution is -2.42. The SMILES string of the molecule is CN=C(NCCSC)NCC1(c2ccccc2F)CC1. The standard InChI is InChI=1S/C15H22FN3S/c1-17-14(18-9-10-20-2)19-11-15(7-8-15)12-5-3-4-6-13(12)16/h3-6H,7-11H2,1-2H3,(H2,17,18,19). The third-order valence-electron chi connectivity index (χ3n) is 3.72. The Morgan fingerprint density at radius 2 is 2.10 bits per heavy atom. The number of nitrogens with one attached hydrogen (secondary N) is 2. The molecule has 5 heteroatoms. The summed E-state index contributed by atoms with van der Waals surface area (Å²) in [6.45, 7) is 1.61. The molecule has 110 valence electrons. The van der Waals surface area contributed by atoms with E-state index in [-0.39, 0.29) is 11.2 Å². The van der Waals surface area contributed by atoms with E-state index in [2.05, 4.69) is 21.9 Å². The van der Waals surface area contributed by atoms with Gasteiger partial charge in [-0.2, -0.15) is 11.8 Å². The van der Waals surface area contributed by atoms with Crippen molar-refractivity contribution in [3.63, 3.8) is 0 Å². The summed E-state index contributed by atoms with van der Waals surface area (Å²) in [6, 6.07) is 7.09. The van der Waals surface area contributed by atoms with E-state index in [9.17, 15) is 4.39 Å².